The van der Waals surface area contributed by atoms with Crippen LogP contribution in [0, 0.1) is 11.3 Å². The van der Waals surface area contributed by atoms with Crippen LogP contribution in [0.5, 0.6) is 0 Å². The fourth-order valence-corrected chi connectivity index (χ4v) is 4.67. The van der Waals surface area contributed by atoms with E-state index in [0.717, 1.165) is 31.7 Å². The van der Waals surface area contributed by atoms with Gasteiger partial charge in [0.15, 0.2) is 0 Å². The SMILES string of the molecule is CCOC1CC(NCC(CO)Cc2ccccn2)C12CCCCC2. The molecule has 1 aromatic heterocycles. The first-order valence-corrected chi connectivity index (χ1v) is 9.64. The van der Waals surface area contributed by atoms with E-state index in [4.69, 9.17) is 4.74 Å². The summed E-state index contributed by atoms with van der Waals surface area (Å²) >= 11 is 0. The van der Waals surface area contributed by atoms with Crippen molar-refractivity contribution in [3.8, 4) is 0 Å². The van der Waals surface area contributed by atoms with Crippen LogP contribution in [0.2, 0.25) is 0 Å². The van der Waals surface area contributed by atoms with Gasteiger partial charge in [0.05, 0.1) is 6.10 Å². The summed E-state index contributed by atoms with van der Waals surface area (Å²) in [4.78, 5) is 4.39. The van der Waals surface area contributed by atoms with Crippen molar-refractivity contribution in [3.05, 3.63) is 30.1 Å². The molecule has 4 heteroatoms. The molecule has 4 nitrogen and oxygen atoms in total. The molecule has 3 unspecified atom stereocenters. The van der Waals surface area contributed by atoms with E-state index in [9.17, 15) is 5.11 Å². The van der Waals surface area contributed by atoms with Gasteiger partial charge in [-0.3, -0.25) is 4.98 Å². The van der Waals surface area contributed by atoms with Gasteiger partial charge < -0.3 is 15.2 Å². The van der Waals surface area contributed by atoms with E-state index < -0.39 is 0 Å². The molecule has 2 N–H and O–H groups in total. The highest BCUT2D eigenvalue weighted by Gasteiger charge is 2.55. The molecular formula is C20H32N2O2. The number of ether oxygens (including phenoxy) is 1. The first kappa shape index (κ1) is 17.8. The lowest BCUT2D eigenvalue weighted by Crippen LogP contribution is -2.65. The number of aliphatic hydroxyl groups is 1. The second-order valence-electron chi connectivity index (χ2n) is 7.51. The van der Waals surface area contributed by atoms with Crippen molar-refractivity contribution >= 4 is 0 Å². The second-order valence-corrected chi connectivity index (χ2v) is 7.51. The lowest BCUT2D eigenvalue weighted by molar-refractivity contribution is -0.150. The van der Waals surface area contributed by atoms with E-state index >= 15 is 0 Å². The number of rotatable bonds is 8. The normalized spacial score (nSPS) is 26.9. The number of aromatic nitrogens is 1. The summed E-state index contributed by atoms with van der Waals surface area (Å²) < 4.78 is 6.03. The Morgan fingerprint density at radius 2 is 2.17 bits per heavy atom. The smallest absolute Gasteiger partial charge is 0.0661 e. The number of nitrogens with one attached hydrogen (secondary N) is 1. The molecule has 2 saturated carbocycles. The van der Waals surface area contributed by atoms with Crippen LogP contribution >= 0.6 is 0 Å². The molecule has 0 radical (unpaired) electrons. The summed E-state index contributed by atoms with van der Waals surface area (Å²) in [6.07, 6.45) is 10.8. The highest BCUT2D eigenvalue weighted by Crippen LogP contribution is 2.53. The van der Waals surface area contributed by atoms with Gasteiger partial charge in [-0.05, 0) is 50.7 Å². The maximum Gasteiger partial charge on any atom is 0.0661 e. The van der Waals surface area contributed by atoms with Crippen LogP contribution in [-0.2, 0) is 11.2 Å². The van der Waals surface area contributed by atoms with Gasteiger partial charge in [-0.1, -0.05) is 25.3 Å². The molecule has 3 rings (SSSR count). The van der Waals surface area contributed by atoms with Crippen LogP contribution in [0.4, 0.5) is 0 Å². The predicted molar refractivity (Wildman–Crippen MR) is 95.9 cm³/mol. The van der Waals surface area contributed by atoms with Crippen molar-refractivity contribution < 1.29 is 9.84 Å². The van der Waals surface area contributed by atoms with Crippen molar-refractivity contribution in [2.24, 2.45) is 11.3 Å². The molecule has 0 aliphatic heterocycles. The van der Waals surface area contributed by atoms with Crippen LogP contribution in [0.1, 0.15) is 51.1 Å². The van der Waals surface area contributed by atoms with Crippen molar-refractivity contribution in [1.29, 1.82) is 0 Å². The Balaban J connectivity index is 1.54. The molecule has 1 heterocycles. The van der Waals surface area contributed by atoms with Gasteiger partial charge in [-0.15, -0.1) is 0 Å². The third-order valence-corrected chi connectivity index (χ3v) is 6.07. The molecule has 2 aliphatic rings. The number of nitrogens with zero attached hydrogens (tertiary/aromatic N) is 1. The van der Waals surface area contributed by atoms with Gasteiger partial charge in [0, 0.05) is 43.1 Å². The van der Waals surface area contributed by atoms with Gasteiger partial charge in [-0.2, -0.15) is 0 Å². The lowest BCUT2D eigenvalue weighted by atomic mass is 9.55. The van der Waals surface area contributed by atoms with Crippen molar-refractivity contribution in [1.82, 2.24) is 10.3 Å². The molecule has 0 saturated heterocycles. The maximum absolute atomic E-state index is 9.74. The maximum atomic E-state index is 9.74. The summed E-state index contributed by atoms with van der Waals surface area (Å²) in [5, 5.41) is 13.5. The Morgan fingerprint density at radius 3 is 2.83 bits per heavy atom. The van der Waals surface area contributed by atoms with Crippen LogP contribution in [0.15, 0.2) is 24.4 Å². The lowest BCUT2D eigenvalue weighted by Gasteiger charge is -2.58. The zero-order valence-corrected chi connectivity index (χ0v) is 14.9. The Hall–Kier alpha value is -0.970. The van der Waals surface area contributed by atoms with E-state index in [1.54, 1.807) is 0 Å². The monoisotopic (exact) mass is 332 g/mol. The predicted octanol–water partition coefficient (Wildman–Crippen LogP) is 2.95. The summed E-state index contributed by atoms with van der Waals surface area (Å²) in [5.41, 5.74) is 1.41. The zero-order valence-electron chi connectivity index (χ0n) is 14.9. The standard InChI is InChI=1S/C20H32N2O2/c1-2-24-19-13-18(20(19)9-5-3-6-10-20)22-14-16(15-23)12-17-8-4-7-11-21-17/h4,7-8,11,16,18-19,22-23H,2-3,5-6,9-10,12-15H2,1H3. The molecule has 1 spiro atoms. The number of hydrogen-bond donors (Lipinski definition) is 2. The molecule has 2 aliphatic carbocycles. The van der Waals surface area contributed by atoms with E-state index in [2.05, 4.69) is 17.2 Å². The topological polar surface area (TPSA) is 54.4 Å². The fraction of sp³-hybridized carbons (Fsp3) is 0.750. The molecule has 3 atom stereocenters. The first-order chi connectivity index (χ1) is 11.8. The molecule has 0 amide bonds. The average Bonchev–Trinajstić information content (AvgIpc) is 2.64. The van der Waals surface area contributed by atoms with Crippen LogP contribution in [0.25, 0.3) is 0 Å². The quantitative estimate of drug-likeness (QED) is 0.768. The molecule has 134 valence electrons. The van der Waals surface area contributed by atoms with Crippen LogP contribution < -0.4 is 5.32 Å². The molecule has 0 bridgehead atoms. The van der Waals surface area contributed by atoms with Gasteiger partial charge >= 0.3 is 0 Å². The third-order valence-electron chi connectivity index (χ3n) is 6.07. The van der Waals surface area contributed by atoms with E-state index in [1.807, 2.05) is 24.4 Å². The fourth-order valence-electron chi connectivity index (χ4n) is 4.67. The minimum Gasteiger partial charge on any atom is -0.396 e. The minimum absolute atomic E-state index is 0.207. The van der Waals surface area contributed by atoms with Crippen LogP contribution in [0.3, 0.4) is 0 Å². The van der Waals surface area contributed by atoms with Crippen molar-refractivity contribution in [2.45, 2.75) is 64.0 Å². The van der Waals surface area contributed by atoms with E-state index in [0.29, 0.717) is 17.6 Å². The summed E-state index contributed by atoms with van der Waals surface area (Å²) in [6.45, 7) is 3.99. The van der Waals surface area contributed by atoms with Gasteiger partial charge in [0.2, 0.25) is 0 Å². The molecule has 24 heavy (non-hydrogen) atoms. The molecule has 2 fully saturated rings. The second kappa shape index (κ2) is 8.41. The van der Waals surface area contributed by atoms with E-state index in [1.165, 1.54) is 32.1 Å². The average molecular weight is 332 g/mol. The first-order valence-electron chi connectivity index (χ1n) is 9.64. The van der Waals surface area contributed by atoms with Gasteiger partial charge in [-0.25, -0.2) is 0 Å². The van der Waals surface area contributed by atoms with Crippen molar-refractivity contribution in [2.75, 3.05) is 19.8 Å². The van der Waals surface area contributed by atoms with Crippen molar-refractivity contribution in [3.63, 3.8) is 0 Å². The summed E-state index contributed by atoms with van der Waals surface area (Å²) in [7, 11) is 0. The zero-order chi connectivity index (χ0) is 16.8. The highest BCUT2D eigenvalue weighted by atomic mass is 16.5. The van der Waals surface area contributed by atoms with Crippen LogP contribution in [-0.4, -0.2) is 42.0 Å². The van der Waals surface area contributed by atoms with Gasteiger partial charge in [0.25, 0.3) is 0 Å². The van der Waals surface area contributed by atoms with Gasteiger partial charge in [0.1, 0.15) is 0 Å². The Kier molecular flexibility index (Phi) is 6.25. The molecule has 1 aromatic rings. The highest BCUT2D eigenvalue weighted by molar-refractivity contribution is 5.09. The Morgan fingerprint density at radius 1 is 1.33 bits per heavy atom. The third kappa shape index (κ3) is 3.81. The summed E-state index contributed by atoms with van der Waals surface area (Å²) in [6, 6.07) is 6.54. The Bertz CT molecular complexity index is 488. The molecule has 0 aromatic carbocycles. The van der Waals surface area contributed by atoms with E-state index in [-0.39, 0.29) is 12.5 Å². The Labute approximate surface area is 146 Å². The largest absolute Gasteiger partial charge is 0.396 e. The molecular weight excluding hydrogens is 300 g/mol. The number of pyridine rings is 1. The summed E-state index contributed by atoms with van der Waals surface area (Å²) in [5.74, 6) is 0.228. The number of aliphatic hydroxyl groups excluding tert-OH is 1. The number of hydrogen-bond acceptors (Lipinski definition) is 4. The minimum atomic E-state index is 0.207.